The fraction of sp³-hybridized carbons (Fsp3) is 0.553. The number of unbranched alkanes of at least 4 members (excludes halogenated alkanes) is 12. The summed E-state index contributed by atoms with van der Waals surface area (Å²) in [6.07, 6.45) is 19.6. The summed E-state index contributed by atoms with van der Waals surface area (Å²) in [5.74, 6) is -0.674. The van der Waals surface area contributed by atoms with Crippen LogP contribution in [0.4, 0.5) is 0 Å². The molecule has 232 valence electrons. The van der Waals surface area contributed by atoms with E-state index in [1.165, 1.54) is 69.8 Å². The SMILES string of the molecule is CCCCCCCCCCCCCCCC(=O)OC1=C(C2CCC(c3ccc(Cl)cc3)CC2)C(=O)c2ccccc2C1=O. The Balaban J connectivity index is 1.27. The van der Waals surface area contributed by atoms with Crippen LogP contribution in [0.25, 0.3) is 0 Å². The van der Waals surface area contributed by atoms with Crippen molar-refractivity contribution in [2.24, 2.45) is 5.92 Å². The third kappa shape index (κ3) is 9.63. The van der Waals surface area contributed by atoms with E-state index < -0.39 is 5.97 Å². The van der Waals surface area contributed by atoms with Gasteiger partial charge < -0.3 is 4.74 Å². The van der Waals surface area contributed by atoms with E-state index >= 15 is 0 Å². The van der Waals surface area contributed by atoms with Gasteiger partial charge in [0.05, 0.1) is 5.57 Å². The van der Waals surface area contributed by atoms with Gasteiger partial charge in [-0.3, -0.25) is 14.4 Å². The van der Waals surface area contributed by atoms with Crippen molar-refractivity contribution < 1.29 is 19.1 Å². The lowest BCUT2D eigenvalue weighted by atomic mass is 9.72. The van der Waals surface area contributed by atoms with Gasteiger partial charge in [-0.25, -0.2) is 0 Å². The number of ketones is 2. The molecule has 0 amide bonds. The summed E-state index contributed by atoms with van der Waals surface area (Å²) >= 11 is 6.08. The van der Waals surface area contributed by atoms with Gasteiger partial charge in [0.15, 0.2) is 11.5 Å². The third-order valence-electron chi connectivity index (χ3n) is 9.29. The molecule has 43 heavy (non-hydrogen) atoms. The Morgan fingerprint density at radius 1 is 0.674 bits per heavy atom. The minimum atomic E-state index is -0.411. The van der Waals surface area contributed by atoms with E-state index in [1.807, 2.05) is 12.1 Å². The fourth-order valence-corrected chi connectivity index (χ4v) is 6.87. The molecule has 0 radical (unpaired) electrons. The first-order chi connectivity index (χ1) is 21.0. The second-order valence-electron chi connectivity index (χ2n) is 12.5. The topological polar surface area (TPSA) is 60.4 Å². The van der Waals surface area contributed by atoms with Crippen molar-refractivity contribution in [1.82, 2.24) is 0 Å². The van der Waals surface area contributed by atoms with Crippen LogP contribution in [-0.4, -0.2) is 17.5 Å². The van der Waals surface area contributed by atoms with E-state index in [4.69, 9.17) is 16.3 Å². The number of hydrogen-bond acceptors (Lipinski definition) is 4. The van der Waals surface area contributed by atoms with Crippen molar-refractivity contribution in [1.29, 1.82) is 0 Å². The van der Waals surface area contributed by atoms with Crippen LogP contribution in [0, 0.1) is 5.92 Å². The van der Waals surface area contributed by atoms with Crippen molar-refractivity contribution in [3.8, 4) is 0 Å². The van der Waals surface area contributed by atoms with Gasteiger partial charge in [-0.05, 0) is 61.6 Å². The van der Waals surface area contributed by atoms with Crippen molar-refractivity contribution in [3.05, 3.63) is 81.6 Å². The zero-order valence-corrected chi connectivity index (χ0v) is 26.8. The van der Waals surface area contributed by atoms with E-state index in [2.05, 4.69) is 19.1 Å². The predicted octanol–water partition coefficient (Wildman–Crippen LogP) is 11.0. The third-order valence-corrected chi connectivity index (χ3v) is 9.54. The zero-order valence-electron chi connectivity index (χ0n) is 26.0. The summed E-state index contributed by atoms with van der Waals surface area (Å²) < 4.78 is 5.78. The number of carbonyl (C=O) groups excluding carboxylic acids is 3. The molecule has 2 aromatic rings. The highest BCUT2D eigenvalue weighted by Crippen LogP contribution is 2.42. The molecule has 0 spiro atoms. The molecule has 2 aliphatic rings. The number of allylic oxidation sites excluding steroid dienone is 2. The van der Waals surface area contributed by atoms with Crippen molar-refractivity contribution in [2.45, 2.75) is 128 Å². The number of hydrogen-bond donors (Lipinski definition) is 0. The Kier molecular flexibility index (Phi) is 13.5. The van der Waals surface area contributed by atoms with Crippen LogP contribution >= 0.6 is 11.6 Å². The maximum absolute atomic E-state index is 13.7. The first-order valence-electron chi connectivity index (χ1n) is 16.9. The lowest BCUT2D eigenvalue weighted by molar-refractivity contribution is -0.139. The second kappa shape index (κ2) is 17.5. The Morgan fingerprint density at radius 2 is 1.16 bits per heavy atom. The first-order valence-corrected chi connectivity index (χ1v) is 17.3. The molecular formula is C38H49ClO4. The number of halogens is 1. The number of benzene rings is 2. The zero-order chi connectivity index (χ0) is 30.4. The van der Waals surface area contributed by atoms with Crippen LogP contribution < -0.4 is 0 Å². The summed E-state index contributed by atoms with van der Waals surface area (Å²) in [4.78, 5) is 40.2. The van der Waals surface area contributed by atoms with Gasteiger partial charge >= 0.3 is 5.97 Å². The Labute approximate surface area is 263 Å². The van der Waals surface area contributed by atoms with Crippen LogP contribution in [0.1, 0.15) is 155 Å². The lowest BCUT2D eigenvalue weighted by Gasteiger charge is -2.32. The Morgan fingerprint density at radius 3 is 1.72 bits per heavy atom. The van der Waals surface area contributed by atoms with Crippen LogP contribution in [0.5, 0.6) is 0 Å². The molecule has 1 fully saturated rings. The summed E-state index contributed by atoms with van der Waals surface area (Å²) in [5.41, 5.74) is 2.39. The minimum Gasteiger partial charge on any atom is -0.422 e. The van der Waals surface area contributed by atoms with Gasteiger partial charge in [0, 0.05) is 22.6 Å². The summed E-state index contributed by atoms with van der Waals surface area (Å²) in [6.45, 7) is 2.26. The van der Waals surface area contributed by atoms with Gasteiger partial charge in [0.25, 0.3) is 0 Å². The fourth-order valence-electron chi connectivity index (χ4n) is 6.75. The molecule has 0 bridgehead atoms. The highest BCUT2D eigenvalue weighted by molar-refractivity contribution is 6.30. The number of rotatable bonds is 17. The molecule has 2 aromatic carbocycles. The molecule has 4 nitrogen and oxygen atoms in total. The molecule has 1 saturated carbocycles. The molecule has 0 aliphatic heterocycles. The smallest absolute Gasteiger partial charge is 0.311 e. The van der Waals surface area contributed by atoms with Gasteiger partial charge in [-0.15, -0.1) is 0 Å². The van der Waals surface area contributed by atoms with Gasteiger partial charge in [0.2, 0.25) is 5.78 Å². The van der Waals surface area contributed by atoms with Crippen LogP contribution in [0.3, 0.4) is 0 Å². The quantitative estimate of drug-likeness (QED) is 0.133. The number of Topliss-reactive ketones (excluding diaryl/α,β-unsaturated/α-hetero) is 2. The maximum atomic E-state index is 13.7. The highest BCUT2D eigenvalue weighted by Gasteiger charge is 2.39. The molecule has 0 heterocycles. The average molecular weight is 605 g/mol. The van der Waals surface area contributed by atoms with E-state index in [0.717, 1.165) is 50.0 Å². The number of carbonyl (C=O) groups is 3. The molecule has 2 aliphatic carbocycles. The van der Waals surface area contributed by atoms with E-state index in [9.17, 15) is 14.4 Å². The Hall–Kier alpha value is -2.72. The summed E-state index contributed by atoms with van der Waals surface area (Å²) in [5, 5.41) is 0.720. The Bertz CT molecular complexity index is 1240. The maximum Gasteiger partial charge on any atom is 0.311 e. The predicted molar refractivity (Wildman–Crippen MR) is 175 cm³/mol. The molecule has 0 unspecified atom stereocenters. The number of ether oxygens (including phenoxy) is 1. The van der Waals surface area contributed by atoms with E-state index in [0.29, 0.717) is 22.6 Å². The molecule has 5 heteroatoms. The highest BCUT2D eigenvalue weighted by atomic mass is 35.5. The summed E-state index contributed by atoms with van der Waals surface area (Å²) in [7, 11) is 0. The molecule has 0 atom stereocenters. The van der Waals surface area contributed by atoms with Crippen LogP contribution in [0.2, 0.25) is 5.02 Å². The molecule has 4 rings (SSSR count). The summed E-state index contributed by atoms with van der Waals surface area (Å²) in [6, 6.07) is 14.9. The van der Waals surface area contributed by atoms with Gasteiger partial charge in [0.1, 0.15) is 0 Å². The van der Waals surface area contributed by atoms with Crippen molar-refractivity contribution >= 4 is 29.1 Å². The normalized spacial score (nSPS) is 18.6. The first kappa shape index (κ1) is 33.2. The molecular weight excluding hydrogens is 556 g/mol. The number of esters is 1. The van der Waals surface area contributed by atoms with Crippen LogP contribution in [0.15, 0.2) is 59.9 Å². The molecule has 0 aromatic heterocycles. The van der Waals surface area contributed by atoms with E-state index in [-0.39, 0.29) is 29.7 Å². The van der Waals surface area contributed by atoms with Gasteiger partial charge in [-0.2, -0.15) is 0 Å². The number of fused-ring (bicyclic) bond motifs is 1. The van der Waals surface area contributed by atoms with E-state index in [1.54, 1.807) is 24.3 Å². The molecule has 0 N–H and O–H groups in total. The minimum absolute atomic E-state index is 0.0293. The van der Waals surface area contributed by atoms with Crippen molar-refractivity contribution in [3.63, 3.8) is 0 Å². The molecule has 0 saturated heterocycles. The monoisotopic (exact) mass is 604 g/mol. The average Bonchev–Trinajstić information content (AvgIpc) is 3.03. The largest absolute Gasteiger partial charge is 0.422 e. The lowest BCUT2D eigenvalue weighted by Crippen LogP contribution is -2.30. The van der Waals surface area contributed by atoms with Crippen LogP contribution in [-0.2, 0) is 9.53 Å². The standard InChI is InChI=1S/C38H49ClO4/c1-2-3-4-5-6-7-8-9-10-11-12-13-14-19-34(40)43-38-35(36(41)32-17-15-16-18-33(32)37(38)42)30-22-20-28(21-23-30)29-24-26-31(39)27-25-29/h15-18,24-28,30H,2-14,19-23H2,1H3. The van der Waals surface area contributed by atoms with Crippen molar-refractivity contribution in [2.75, 3.05) is 0 Å². The second-order valence-corrected chi connectivity index (χ2v) is 12.9. The van der Waals surface area contributed by atoms with Gasteiger partial charge in [-0.1, -0.05) is 132 Å².